The average Bonchev–Trinajstić information content (AvgIpc) is 2.52. The van der Waals surface area contributed by atoms with Crippen LogP contribution in [-0.2, 0) is 6.61 Å². The number of hydrogen-bond donors (Lipinski definition) is 0. The smallest absolute Gasteiger partial charge is 0.172 e. The summed E-state index contributed by atoms with van der Waals surface area (Å²) in [6.07, 6.45) is 2.24. The summed E-state index contributed by atoms with van der Waals surface area (Å²) in [4.78, 5) is 15.1. The van der Waals surface area contributed by atoms with E-state index in [2.05, 4.69) is 20.9 Å². The normalized spacial score (nSPS) is 10.6. The summed E-state index contributed by atoms with van der Waals surface area (Å²) in [5, 5.41) is 2.78. The van der Waals surface area contributed by atoms with Crippen molar-refractivity contribution in [2.75, 3.05) is 0 Å². The van der Waals surface area contributed by atoms with E-state index in [4.69, 9.17) is 16.3 Å². The molecule has 2 aromatic carbocycles. The lowest BCUT2D eigenvalue weighted by molar-refractivity contribution is 0.111. The quantitative estimate of drug-likeness (QED) is 0.599. The molecule has 0 N–H and O–H groups in total. The molecule has 0 aliphatic carbocycles. The number of halogens is 2. The van der Waals surface area contributed by atoms with Crippen molar-refractivity contribution in [3.05, 3.63) is 69.4 Å². The zero-order valence-corrected chi connectivity index (χ0v) is 13.8. The second-order valence-electron chi connectivity index (χ2n) is 4.73. The van der Waals surface area contributed by atoms with Crippen LogP contribution >= 0.6 is 27.5 Å². The molecule has 1 aromatic heterocycles. The van der Waals surface area contributed by atoms with Crippen LogP contribution in [0.15, 0.2) is 53.1 Å². The number of nitrogens with zero attached hydrogens (tertiary/aromatic N) is 1. The first-order valence-corrected chi connectivity index (χ1v) is 7.75. The molecule has 1 heterocycles. The second kappa shape index (κ2) is 6.46. The minimum absolute atomic E-state index is 0.273. The zero-order valence-electron chi connectivity index (χ0n) is 11.4. The molecule has 5 heteroatoms. The van der Waals surface area contributed by atoms with E-state index < -0.39 is 0 Å². The van der Waals surface area contributed by atoms with Gasteiger partial charge >= 0.3 is 0 Å². The van der Waals surface area contributed by atoms with Crippen molar-refractivity contribution >= 4 is 44.6 Å². The summed E-state index contributed by atoms with van der Waals surface area (Å²) in [6, 6.07) is 13.5. The van der Waals surface area contributed by atoms with Crippen LogP contribution in [-0.4, -0.2) is 11.3 Å². The van der Waals surface area contributed by atoms with Crippen molar-refractivity contribution in [2.24, 2.45) is 0 Å². The van der Waals surface area contributed by atoms with Crippen molar-refractivity contribution in [3.63, 3.8) is 0 Å². The van der Waals surface area contributed by atoms with E-state index in [9.17, 15) is 4.79 Å². The fourth-order valence-corrected chi connectivity index (χ4v) is 2.82. The molecule has 0 atom stereocenters. The third-order valence-corrected chi connectivity index (χ3v) is 3.91. The van der Waals surface area contributed by atoms with Crippen molar-refractivity contribution in [1.29, 1.82) is 0 Å². The summed E-state index contributed by atoms with van der Waals surface area (Å²) in [6.45, 7) is 0.306. The van der Waals surface area contributed by atoms with Gasteiger partial charge in [-0.1, -0.05) is 35.9 Å². The van der Waals surface area contributed by atoms with Gasteiger partial charge in [0.2, 0.25) is 0 Å². The molecular formula is C17H11BrClNO2. The first kappa shape index (κ1) is 15.0. The minimum atomic E-state index is 0.273. The summed E-state index contributed by atoms with van der Waals surface area (Å²) >= 11 is 9.48. The number of pyridine rings is 1. The van der Waals surface area contributed by atoms with Gasteiger partial charge in [-0.15, -0.1) is 0 Å². The van der Waals surface area contributed by atoms with Gasteiger partial charge in [0.1, 0.15) is 18.1 Å². The van der Waals surface area contributed by atoms with E-state index >= 15 is 0 Å². The molecule has 0 aliphatic heterocycles. The Balaban J connectivity index is 1.94. The fraction of sp³-hybridized carbons (Fsp3) is 0.0588. The molecule has 0 radical (unpaired) electrons. The largest absolute Gasteiger partial charge is 0.486 e. The molecule has 3 nitrogen and oxygen atoms in total. The summed E-state index contributed by atoms with van der Waals surface area (Å²) < 4.78 is 6.53. The van der Waals surface area contributed by atoms with E-state index in [1.54, 1.807) is 12.3 Å². The molecule has 0 fully saturated rings. The molecule has 0 aliphatic rings. The highest BCUT2D eigenvalue weighted by Gasteiger charge is 2.08. The Kier molecular flexibility index (Phi) is 4.41. The fourth-order valence-electron chi connectivity index (χ4n) is 2.26. The highest BCUT2D eigenvalue weighted by atomic mass is 79.9. The third-order valence-electron chi connectivity index (χ3n) is 3.26. The van der Waals surface area contributed by atoms with Crippen LogP contribution in [0, 0.1) is 0 Å². The van der Waals surface area contributed by atoms with E-state index in [1.165, 1.54) is 0 Å². The van der Waals surface area contributed by atoms with Crippen molar-refractivity contribution < 1.29 is 9.53 Å². The molecule has 0 bridgehead atoms. The van der Waals surface area contributed by atoms with E-state index in [0.29, 0.717) is 23.7 Å². The van der Waals surface area contributed by atoms with Crippen LogP contribution in [0.1, 0.15) is 16.1 Å². The SMILES string of the molecule is O=Cc1ncc(Br)cc1OCc1cc(Cl)cc2ccccc12. The second-order valence-corrected chi connectivity index (χ2v) is 6.08. The lowest BCUT2D eigenvalue weighted by Gasteiger charge is -2.11. The Morgan fingerprint density at radius 3 is 2.86 bits per heavy atom. The Labute approximate surface area is 141 Å². The van der Waals surface area contributed by atoms with Crippen molar-refractivity contribution in [2.45, 2.75) is 6.61 Å². The van der Waals surface area contributed by atoms with Crippen LogP contribution in [0.4, 0.5) is 0 Å². The van der Waals surface area contributed by atoms with Crippen LogP contribution < -0.4 is 4.74 Å². The first-order valence-electron chi connectivity index (χ1n) is 6.58. The highest BCUT2D eigenvalue weighted by molar-refractivity contribution is 9.10. The average molecular weight is 377 g/mol. The molecular weight excluding hydrogens is 366 g/mol. The number of ether oxygens (including phenoxy) is 1. The molecule has 3 aromatic rings. The lowest BCUT2D eigenvalue weighted by atomic mass is 10.1. The summed E-state index contributed by atoms with van der Waals surface area (Å²) in [5.74, 6) is 0.438. The molecule has 0 unspecified atom stereocenters. The van der Waals surface area contributed by atoms with Crippen LogP contribution in [0.2, 0.25) is 5.02 Å². The van der Waals surface area contributed by atoms with Gasteiger partial charge in [-0.2, -0.15) is 0 Å². The van der Waals surface area contributed by atoms with E-state index in [0.717, 1.165) is 20.8 Å². The van der Waals surface area contributed by atoms with Gasteiger partial charge in [0.05, 0.1) is 0 Å². The van der Waals surface area contributed by atoms with E-state index in [-0.39, 0.29) is 5.69 Å². The van der Waals surface area contributed by atoms with Crippen LogP contribution in [0.3, 0.4) is 0 Å². The van der Waals surface area contributed by atoms with Gasteiger partial charge in [-0.25, -0.2) is 4.98 Å². The summed E-state index contributed by atoms with van der Waals surface area (Å²) in [7, 11) is 0. The van der Waals surface area contributed by atoms with Crippen LogP contribution in [0.25, 0.3) is 10.8 Å². The molecule has 22 heavy (non-hydrogen) atoms. The Morgan fingerprint density at radius 1 is 1.23 bits per heavy atom. The molecule has 110 valence electrons. The Hall–Kier alpha value is -1.91. The van der Waals surface area contributed by atoms with E-state index in [1.807, 2.05) is 36.4 Å². The van der Waals surface area contributed by atoms with Crippen molar-refractivity contribution in [1.82, 2.24) is 4.98 Å². The molecule has 3 rings (SSSR count). The number of rotatable bonds is 4. The Bertz CT molecular complexity index is 851. The highest BCUT2D eigenvalue weighted by Crippen LogP contribution is 2.26. The Morgan fingerprint density at radius 2 is 2.05 bits per heavy atom. The maximum atomic E-state index is 11.0. The summed E-state index contributed by atoms with van der Waals surface area (Å²) in [5.41, 5.74) is 1.23. The monoisotopic (exact) mass is 375 g/mol. The molecule has 0 saturated carbocycles. The molecule has 0 spiro atoms. The third kappa shape index (κ3) is 3.13. The standard InChI is InChI=1S/C17H11BrClNO2/c18-13-7-17(16(9-21)20-8-13)22-10-12-6-14(19)5-11-3-1-2-4-15(11)12/h1-9H,10H2. The van der Waals surface area contributed by atoms with Gasteiger partial charge in [-0.05, 0) is 50.5 Å². The lowest BCUT2D eigenvalue weighted by Crippen LogP contribution is -2.01. The number of carbonyl (C=O) groups excluding carboxylic acids is 1. The number of hydrogen-bond acceptors (Lipinski definition) is 3. The van der Waals surface area contributed by atoms with Gasteiger partial charge in [0, 0.05) is 15.7 Å². The maximum absolute atomic E-state index is 11.0. The van der Waals surface area contributed by atoms with Gasteiger partial charge < -0.3 is 4.74 Å². The predicted octanol–water partition coefficient (Wildman–Crippen LogP) is 5.04. The van der Waals surface area contributed by atoms with Gasteiger partial charge in [-0.3, -0.25) is 4.79 Å². The molecule has 0 saturated heterocycles. The zero-order chi connectivity index (χ0) is 15.5. The van der Waals surface area contributed by atoms with Crippen LogP contribution in [0.5, 0.6) is 5.75 Å². The number of aromatic nitrogens is 1. The predicted molar refractivity (Wildman–Crippen MR) is 90.6 cm³/mol. The number of carbonyl (C=O) groups is 1. The van der Waals surface area contributed by atoms with Gasteiger partial charge in [0.15, 0.2) is 6.29 Å². The topological polar surface area (TPSA) is 39.2 Å². The van der Waals surface area contributed by atoms with Gasteiger partial charge in [0.25, 0.3) is 0 Å². The van der Waals surface area contributed by atoms with Crippen molar-refractivity contribution in [3.8, 4) is 5.75 Å². The number of aldehydes is 1. The maximum Gasteiger partial charge on any atom is 0.172 e. The minimum Gasteiger partial charge on any atom is -0.486 e. The molecule has 0 amide bonds. The number of fused-ring (bicyclic) bond motifs is 1. The first-order chi connectivity index (χ1) is 10.7. The number of benzene rings is 2.